The molecule has 1 saturated heterocycles. The first-order valence-electron chi connectivity index (χ1n) is 15.2. The normalized spacial score (nSPS) is 17.0. The number of hydrogen-bond donors (Lipinski definition) is 3. The van der Waals surface area contributed by atoms with Crippen LogP contribution in [0.1, 0.15) is 51.1 Å². The maximum atomic E-state index is 13.1. The molecule has 2 heterocycles. The third-order valence-corrected chi connectivity index (χ3v) is 7.74. The summed E-state index contributed by atoms with van der Waals surface area (Å²) in [5.74, 6) is -2.51. The van der Waals surface area contributed by atoms with E-state index in [0.29, 0.717) is 25.5 Å². The van der Waals surface area contributed by atoms with Gasteiger partial charge >= 0.3 is 0 Å². The first-order chi connectivity index (χ1) is 22.3. The van der Waals surface area contributed by atoms with E-state index < -0.39 is 42.2 Å². The van der Waals surface area contributed by atoms with Crippen LogP contribution in [0.3, 0.4) is 0 Å². The van der Waals surface area contributed by atoms with E-state index in [0.717, 1.165) is 24.2 Å². The molecule has 0 spiro atoms. The van der Waals surface area contributed by atoms with Gasteiger partial charge in [-0.1, -0.05) is 12.1 Å². The molecule has 0 radical (unpaired) electrons. The first-order valence-corrected chi connectivity index (χ1v) is 15.2. The Morgan fingerprint density at radius 1 is 0.804 bits per heavy atom. The summed E-state index contributed by atoms with van der Waals surface area (Å²) < 4.78 is 22.0. The lowest BCUT2D eigenvalue weighted by Crippen LogP contribution is -2.54. The van der Waals surface area contributed by atoms with Crippen molar-refractivity contribution < 1.29 is 47.7 Å². The molecule has 2 aliphatic heterocycles. The van der Waals surface area contributed by atoms with Crippen LogP contribution in [0.15, 0.2) is 36.4 Å². The van der Waals surface area contributed by atoms with Crippen LogP contribution < -0.4 is 25.4 Å². The second-order valence-corrected chi connectivity index (χ2v) is 10.9. The first kappa shape index (κ1) is 32.6. The summed E-state index contributed by atoms with van der Waals surface area (Å²) >= 11 is 0. The van der Waals surface area contributed by atoms with Crippen LogP contribution >= 0.6 is 0 Å². The lowest BCUT2D eigenvalue weighted by Gasteiger charge is -2.27. The van der Waals surface area contributed by atoms with E-state index in [1.165, 1.54) is 29.3 Å². The molecule has 1 atom stereocenters. The van der Waals surface area contributed by atoms with Crippen molar-refractivity contribution in [3.05, 3.63) is 58.7 Å². The molecule has 3 aliphatic rings. The van der Waals surface area contributed by atoms with Gasteiger partial charge in [-0.2, -0.15) is 0 Å². The van der Waals surface area contributed by atoms with E-state index in [1.54, 1.807) is 0 Å². The molecule has 0 aromatic heterocycles. The zero-order valence-corrected chi connectivity index (χ0v) is 25.3. The number of fused-ring (bicyclic) bond motifs is 2. The molecule has 14 nitrogen and oxygen atoms in total. The van der Waals surface area contributed by atoms with Crippen molar-refractivity contribution in [2.75, 3.05) is 52.7 Å². The molecular formula is C32H36N4O10. The molecule has 2 aromatic rings. The third-order valence-electron chi connectivity index (χ3n) is 7.74. The zero-order valence-electron chi connectivity index (χ0n) is 25.3. The standard InChI is InChI=1S/C32H36N4O10/c37-26-10-9-24(30(40)35-26)36-31(41)23-5-2-6-25(29(23)32(36)42)46-19-28(39)34-12-14-44-16-15-43-13-11-33-27(38)18-45-22-8-7-20-3-1-4-21(20)17-22/h2,5-8,17,24H,1,3-4,9-16,18-19H2,(H,33,38)(H,34,39)(H,35,37,40). The molecular weight excluding hydrogens is 600 g/mol. The SMILES string of the molecule is O=C(COc1ccc2c(c1)CCC2)NCCOCCOCCNC(=O)COc1cccc2c1C(=O)N(C1CCC(=O)NC1=O)C2=O. The van der Waals surface area contributed by atoms with Gasteiger partial charge in [0.1, 0.15) is 17.5 Å². The Hall–Kier alpha value is -4.82. The van der Waals surface area contributed by atoms with Crippen molar-refractivity contribution in [3.63, 3.8) is 0 Å². The van der Waals surface area contributed by atoms with E-state index in [-0.39, 0.29) is 62.0 Å². The van der Waals surface area contributed by atoms with E-state index in [4.69, 9.17) is 18.9 Å². The summed E-state index contributed by atoms with van der Waals surface area (Å²) in [6.07, 6.45) is 3.34. The number of piperidine rings is 1. The molecule has 14 heteroatoms. The van der Waals surface area contributed by atoms with Crippen molar-refractivity contribution in [2.45, 2.75) is 38.1 Å². The fourth-order valence-electron chi connectivity index (χ4n) is 5.48. The highest BCUT2D eigenvalue weighted by atomic mass is 16.5. The summed E-state index contributed by atoms with van der Waals surface area (Å²) in [6.45, 7) is 1.19. The van der Waals surface area contributed by atoms with Gasteiger partial charge in [0.2, 0.25) is 11.8 Å². The van der Waals surface area contributed by atoms with Crippen LogP contribution in [0.5, 0.6) is 11.5 Å². The van der Waals surface area contributed by atoms with Gasteiger partial charge in [0.25, 0.3) is 23.6 Å². The lowest BCUT2D eigenvalue weighted by atomic mass is 10.0. The van der Waals surface area contributed by atoms with Gasteiger partial charge in [-0.05, 0) is 61.1 Å². The minimum Gasteiger partial charge on any atom is -0.484 e. The number of imide groups is 2. The Morgan fingerprint density at radius 3 is 2.22 bits per heavy atom. The number of hydrogen-bond acceptors (Lipinski definition) is 10. The predicted molar refractivity (Wildman–Crippen MR) is 160 cm³/mol. The second kappa shape index (κ2) is 15.5. The molecule has 0 saturated carbocycles. The Bertz CT molecular complexity index is 1510. The van der Waals surface area contributed by atoms with E-state index in [2.05, 4.69) is 22.0 Å². The molecule has 1 fully saturated rings. The Balaban J connectivity index is 0.908. The van der Waals surface area contributed by atoms with Gasteiger partial charge in [0.05, 0.1) is 37.6 Å². The Labute approximate surface area is 265 Å². The summed E-state index contributed by atoms with van der Waals surface area (Å²) in [5, 5.41) is 7.52. The highest BCUT2D eigenvalue weighted by molar-refractivity contribution is 6.24. The molecule has 244 valence electrons. The van der Waals surface area contributed by atoms with Crippen molar-refractivity contribution >= 4 is 35.4 Å². The fraction of sp³-hybridized carbons (Fsp3) is 0.438. The van der Waals surface area contributed by atoms with Gasteiger partial charge in [0.15, 0.2) is 13.2 Å². The molecule has 5 rings (SSSR count). The summed E-state index contributed by atoms with van der Waals surface area (Å²) in [5.41, 5.74) is 2.67. The van der Waals surface area contributed by atoms with Crippen molar-refractivity contribution in [3.8, 4) is 11.5 Å². The number of nitrogens with one attached hydrogen (secondary N) is 3. The van der Waals surface area contributed by atoms with E-state index in [1.807, 2.05) is 12.1 Å². The number of carbonyl (C=O) groups is 6. The fourth-order valence-corrected chi connectivity index (χ4v) is 5.48. The molecule has 3 N–H and O–H groups in total. The van der Waals surface area contributed by atoms with Crippen LogP contribution in [-0.4, -0.2) is 99.1 Å². The van der Waals surface area contributed by atoms with Gasteiger partial charge in [-0.15, -0.1) is 0 Å². The van der Waals surface area contributed by atoms with Crippen molar-refractivity contribution in [1.82, 2.24) is 20.9 Å². The topological polar surface area (TPSA) is 179 Å². The van der Waals surface area contributed by atoms with Gasteiger partial charge in [-0.25, -0.2) is 0 Å². The average molecular weight is 637 g/mol. The highest BCUT2D eigenvalue weighted by Gasteiger charge is 2.46. The van der Waals surface area contributed by atoms with Crippen LogP contribution in [-0.2, 0) is 41.5 Å². The number of carbonyl (C=O) groups excluding carboxylic acids is 6. The van der Waals surface area contributed by atoms with Crippen LogP contribution in [0.25, 0.3) is 0 Å². The molecule has 6 amide bonds. The summed E-state index contributed by atoms with van der Waals surface area (Å²) in [7, 11) is 0. The monoisotopic (exact) mass is 636 g/mol. The Morgan fingerprint density at radius 2 is 1.50 bits per heavy atom. The number of ether oxygens (including phenoxy) is 4. The minimum absolute atomic E-state index is 0.0107. The molecule has 0 bridgehead atoms. The number of amides is 6. The largest absolute Gasteiger partial charge is 0.484 e. The predicted octanol–water partition coefficient (Wildman–Crippen LogP) is 0.300. The molecule has 2 aromatic carbocycles. The maximum absolute atomic E-state index is 13.1. The zero-order chi connectivity index (χ0) is 32.5. The van der Waals surface area contributed by atoms with Gasteiger partial charge in [0, 0.05) is 19.5 Å². The number of rotatable bonds is 16. The molecule has 46 heavy (non-hydrogen) atoms. The number of aryl methyl sites for hydroxylation is 2. The third kappa shape index (κ3) is 8.06. The van der Waals surface area contributed by atoms with Crippen molar-refractivity contribution in [2.24, 2.45) is 0 Å². The smallest absolute Gasteiger partial charge is 0.266 e. The van der Waals surface area contributed by atoms with E-state index >= 15 is 0 Å². The number of nitrogens with zero attached hydrogens (tertiary/aromatic N) is 1. The molecule has 1 unspecified atom stereocenters. The lowest BCUT2D eigenvalue weighted by molar-refractivity contribution is -0.136. The van der Waals surface area contributed by atoms with Gasteiger partial charge < -0.3 is 29.6 Å². The molecule has 1 aliphatic carbocycles. The quantitative estimate of drug-likeness (QED) is 0.171. The van der Waals surface area contributed by atoms with Crippen LogP contribution in [0.4, 0.5) is 0 Å². The van der Waals surface area contributed by atoms with Gasteiger partial charge in [-0.3, -0.25) is 39.0 Å². The van der Waals surface area contributed by atoms with E-state index in [9.17, 15) is 28.8 Å². The minimum atomic E-state index is -1.10. The maximum Gasteiger partial charge on any atom is 0.266 e. The second-order valence-electron chi connectivity index (χ2n) is 10.9. The van der Waals surface area contributed by atoms with Crippen LogP contribution in [0.2, 0.25) is 0 Å². The Kier molecular flexibility index (Phi) is 10.9. The van der Waals surface area contributed by atoms with Crippen molar-refractivity contribution in [1.29, 1.82) is 0 Å². The average Bonchev–Trinajstić information content (AvgIpc) is 3.62. The van der Waals surface area contributed by atoms with Crippen LogP contribution in [0, 0.1) is 0 Å². The highest BCUT2D eigenvalue weighted by Crippen LogP contribution is 2.33. The number of benzene rings is 2. The summed E-state index contributed by atoms with van der Waals surface area (Å²) in [4.78, 5) is 74.9. The summed E-state index contributed by atoms with van der Waals surface area (Å²) in [6, 6.07) is 9.27.